The van der Waals surface area contributed by atoms with Gasteiger partial charge in [-0.25, -0.2) is 12.8 Å². The number of piperidine rings is 1. The second kappa shape index (κ2) is 15.7. The molecule has 0 aromatic rings. The highest BCUT2D eigenvalue weighted by molar-refractivity contribution is 7.89. The monoisotopic (exact) mass is 587 g/mol. The molecule has 0 aromatic carbocycles. The third kappa shape index (κ3) is 9.01. The van der Waals surface area contributed by atoms with Crippen LogP contribution in [0.5, 0.6) is 0 Å². The number of nitrogens with one attached hydrogen (secondary N) is 2. The highest BCUT2D eigenvalue weighted by Crippen LogP contribution is 2.23. The van der Waals surface area contributed by atoms with Crippen molar-refractivity contribution < 1.29 is 22.3 Å². The van der Waals surface area contributed by atoms with Gasteiger partial charge >= 0.3 is 0 Å². The molecule has 6 N–H and O–H groups in total. The van der Waals surface area contributed by atoms with Crippen molar-refractivity contribution >= 4 is 22.1 Å². The summed E-state index contributed by atoms with van der Waals surface area (Å²) in [5.74, 6) is -1.21. The van der Waals surface area contributed by atoms with E-state index in [4.69, 9.17) is 16.2 Å². The molecule has 1 amide bonds. The SMILES string of the molecule is CCC(C)C/C=C(/F)C=NC(C)C(C(=O)NC1CNCCC1N1CCN(S(=O)(=O)C2CCOCC2)CC1)C(N)N. The van der Waals surface area contributed by atoms with Crippen molar-refractivity contribution in [3.05, 3.63) is 11.9 Å². The first-order valence-corrected chi connectivity index (χ1v) is 16.3. The van der Waals surface area contributed by atoms with Gasteiger partial charge in [-0.2, -0.15) is 4.31 Å². The molecule has 3 saturated heterocycles. The highest BCUT2D eigenvalue weighted by Gasteiger charge is 2.39. The highest BCUT2D eigenvalue weighted by atomic mass is 32.2. The van der Waals surface area contributed by atoms with Gasteiger partial charge in [0.2, 0.25) is 15.9 Å². The van der Waals surface area contributed by atoms with E-state index in [1.54, 1.807) is 11.2 Å². The van der Waals surface area contributed by atoms with Crippen molar-refractivity contribution in [3.63, 3.8) is 0 Å². The fourth-order valence-corrected chi connectivity index (χ4v) is 7.59. The molecule has 11 nitrogen and oxygen atoms in total. The van der Waals surface area contributed by atoms with E-state index in [1.165, 1.54) is 6.08 Å². The zero-order chi connectivity index (χ0) is 29.3. The Kier molecular flexibility index (Phi) is 12.9. The van der Waals surface area contributed by atoms with Crippen LogP contribution in [0.4, 0.5) is 4.39 Å². The first-order valence-electron chi connectivity index (χ1n) is 14.8. The number of hydrogen-bond donors (Lipinski definition) is 4. The Morgan fingerprint density at radius 1 is 1.18 bits per heavy atom. The lowest BCUT2D eigenvalue weighted by atomic mass is 9.94. The Labute approximate surface area is 239 Å². The van der Waals surface area contributed by atoms with Crippen molar-refractivity contribution in [2.75, 3.05) is 52.5 Å². The number of aliphatic imine (C=N–C) groups is 1. The molecule has 0 bridgehead atoms. The predicted molar refractivity (Wildman–Crippen MR) is 156 cm³/mol. The molecule has 13 heteroatoms. The van der Waals surface area contributed by atoms with Crippen molar-refractivity contribution in [1.29, 1.82) is 0 Å². The van der Waals surface area contributed by atoms with Crippen LogP contribution in [0.25, 0.3) is 0 Å². The Bertz CT molecular complexity index is 966. The van der Waals surface area contributed by atoms with E-state index < -0.39 is 34.0 Å². The minimum absolute atomic E-state index is 0.0486. The quantitative estimate of drug-likeness (QED) is 0.191. The van der Waals surface area contributed by atoms with Crippen LogP contribution in [0, 0.1) is 11.8 Å². The van der Waals surface area contributed by atoms with Crippen LogP contribution in [-0.2, 0) is 19.6 Å². The molecule has 3 fully saturated rings. The van der Waals surface area contributed by atoms with Crippen LogP contribution in [0.15, 0.2) is 16.9 Å². The molecule has 3 aliphatic heterocycles. The fourth-order valence-electron chi connectivity index (χ4n) is 5.71. The van der Waals surface area contributed by atoms with E-state index >= 15 is 0 Å². The standard InChI is InChI=1S/C27H50FN7O4S/c1-4-19(2)5-6-21(28)17-32-20(3)25(26(29)30)27(36)33-23-18-31-10-7-24(23)34-11-13-35(14-12-34)40(37,38)22-8-15-39-16-9-22/h6,17,19-20,22-26,31H,4-5,7-16,18,29-30H2,1-3H3,(H,33,36)/b21-6+,32-17?. The van der Waals surface area contributed by atoms with E-state index in [-0.39, 0.29) is 23.2 Å². The molecule has 40 heavy (non-hydrogen) atoms. The van der Waals surface area contributed by atoms with Gasteiger partial charge in [-0.15, -0.1) is 0 Å². The Hall–Kier alpha value is -1.48. The third-order valence-corrected chi connectivity index (χ3v) is 10.9. The van der Waals surface area contributed by atoms with Crippen molar-refractivity contribution in [2.45, 2.75) is 82.4 Å². The number of carbonyl (C=O) groups is 1. The van der Waals surface area contributed by atoms with Gasteiger partial charge in [-0.05, 0) is 51.1 Å². The number of sulfonamides is 1. The molecule has 0 aromatic heterocycles. The van der Waals surface area contributed by atoms with Crippen LogP contribution < -0.4 is 22.1 Å². The largest absolute Gasteiger partial charge is 0.381 e. The van der Waals surface area contributed by atoms with Crippen LogP contribution >= 0.6 is 0 Å². The summed E-state index contributed by atoms with van der Waals surface area (Å²) in [5.41, 5.74) is 12.0. The molecule has 0 aliphatic carbocycles. The molecule has 0 spiro atoms. The second-order valence-corrected chi connectivity index (χ2v) is 13.6. The summed E-state index contributed by atoms with van der Waals surface area (Å²) in [7, 11) is -3.35. The normalized spacial score (nSPS) is 27.1. The molecular weight excluding hydrogens is 537 g/mol. The Balaban J connectivity index is 1.59. The lowest BCUT2D eigenvalue weighted by Gasteiger charge is -2.45. The molecule has 0 saturated carbocycles. The molecule has 5 unspecified atom stereocenters. The molecular formula is C27H50FN7O4S. The summed E-state index contributed by atoms with van der Waals surface area (Å²) in [4.78, 5) is 19.9. The van der Waals surface area contributed by atoms with Crippen molar-refractivity contribution in [2.24, 2.45) is 28.3 Å². The smallest absolute Gasteiger partial charge is 0.228 e. The maximum Gasteiger partial charge on any atom is 0.228 e. The van der Waals surface area contributed by atoms with Gasteiger partial charge in [0.15, 0.2) is 0 Å². The number of nitrogens with two attached hydrogens (primary N) is 2. The lowest BCUT2D eigenvalue weighted by Crippen LogP contribution is -2.65. The van der Waals surface area contributed by atoms with E-state index in [1.807, 2.05) is 0 Å². The first kappa shape index (κ1) is 33.0. The summed E-state index contributed by atoms with van der Waals surface area (Å²) in [5, 5.41) is 6.10. The van der Waals surface area contributed by atoms with Gasteiger partial charge in [0, 0.05) is 52.0 Å². The average molecular weight is 588 g/mol. The number of halogens is 1. The predicted octanol–water partition coefficient (Wildman–Crippen LogP) is 0.568. The molecule has 0 radical (unpaired) electrons. The number of nitrogens with zero attached hydrogens (tertiary/aromatic N) is 3. The lowest BCUT2D eigenvalue weighted by molar-refractivity contribution is -0.127. The zero-order valence-electron chi connectivity index (χ0n) is 24.3. The topological polar surface area (TPSA) is 155 Å². The van der Waals surface area contributed by atoms with Gasteiger partial charge < -0.3 is 26.8 Å². The Morgan fingerprint density at radius 2 is 1.85 bits per heavy atom. The average Bonchev–Trinajstić information content (AvgIpc) is 2.95. The van der Waals surface area contributed by atoms with Crippen molar-refractivity contribution in [3.8, 4) is 0 Å². The molecule has 3 rings (SSSR count). The maximum atomic E-state index is 14.3. The van der Waals surface area contributed by atoms with E-state index in [0.717, 1.165) is 25.6 Å². The molecule has 230 valence electrons. The van der Waals surface area contributed by atoms with Gasteiger partial charge in [0.25, 0.3) is 0 Å². The molecule has 3 heterocycles. The summed E-state index contributed by atoms with van der Waals surface area (Å²) in [6.45, 7) is 10.3. The maximum absolute atomic E-state index is 14.3. The summed E-state index contributed by atoms with van der Waals surface area (Å²) < 4.78 is 47.5. The van der Waals surface area contributed by atoms with E-state index in [0.29, 0.717) is 71.1 Å². The summed E-state index contributed by atoms with van der Waals surface area (Å²) in [6.07, 6.45) is 5.17. The minimum Gasteiger partial charge on any atom is -0.381 e. The molecule has 5 atom stereocenters. The Morgan fingerprint density at radius 3 is 2.48 bits per heavy atom. The first-order chi connectivity index (χ1) is 19.0. The number of ether oxygens (including phenoxy) is 1. The summed E-state index contributed by atoms with van der Waals surface area (Å²) in [6, 6.07) is -0.770. The third-order valence-electron chi connectivity index (χ3n) is 8.55. The van der Waals surface area contributed by atoms with Gasteiger partial charge in [-0.1, -0.05) is 20.3 Å². The van der Waals surface area contributed by atoms with Gasteiger partial charge in [-0.3, -0.25) is 14.7 Å². The number of amides is 1. The van der Waals surface area contributed by atoms with Gasteiger partial charge in [0.1, 0.15) is 5.83 Å². The number of allylic oxidation sites excluding steroid dienone is 2. The van der Waals surface area contributed by atoms with Crippen molar-refractivity contribution in [1.82, 2.24) is 19.8 Å². The summed E-state index contributed by atoms with van der Waals surface area (Å²) >= 11 is 0. The van der Waals surface area contributed by atoms with Crippen LogP contribution in [0.3, 0.4) is 0 Å². The zero-order valence-corrected chi connectivity index (χ0v) is 25.1. The number of hydrogen-bond acceptors (Lipinski definition) is 9. The second-order valence-electron chi connectivity index (χ2n) is 11.4. The fraction of sp³-hybridized carbons (Fsp3) is 0.852. The number of rotatable bonds is 12. The van der Waals surface area contributed by atoms with E-state index in [2.05, 4.69) is 34.4 Å². The van der Waals surface area contributed by atoms with Crippen LogP contribution in [0.1, 0.15) is 52.9 Å². The van der Waals surface area contributed by atoms with Crippen LogP contribution in [0.2, 0.25) is 0 Å². The minimum atomic E-state index is -3.35. The number of carbonyl (C=O) groups excluding carboxylic acids is 1. The number of piperazine rings is 1. The van der Waals surface area contributed by atoms with E-state index in [9.17, 15) is 17.6 Å². The van der Waals surface area contributed by atoms with Gasteiger partial charge in [0.05, 0.1) is 35.6 Å². The van der Waals surface area contributed by atoms with Crippen LogP contribution in [-0.4, -0.2) is 112 Å². The molecule has 3 aliphatic rings.